The van der Waals surface area contributed by atoms with Gasteiger partial charge in [0.05, 0.1) is 23.9 Å². The lowest BCUT2D eigenvalue weighted by molar-refractivity contribution is 0.383. The zero-order valence-corrected chi connectivity index (χ0v) is 15.2. The first kappa shape index (κ1) is 16.1. The number of methoxy groups -OCH3 is 1. The Labute approximate surface area is 148 Å². The Hall–Kier alpha value is -2.36. The highest BCUT2D eigenvalue weighted by Crippen LogP contribution is 2.39. The van der Waals surface area contributed by atoms with Crippen molar-refractivity contribution in [3.63, 3.8) is 0 Å². The van der Waals surface area contributed by atoms with Gasteiger partial charge in [-0.15, -0.1) is 0 Å². The van der Waals surface area contributed by atoms with E-state index in [0.717, 1.165) is 53.1 Å². The number of pyridine rings is 1. The second kappa shape index (κ2) is 6.51. The molecule has 0 atom stereocenters. The molecule has 0 amide bonds. The fraction of sp³-hybridized carbons (Fsp3) is 0.429. The number of rotatable bonds is 3. The summed E-state index contributed by atoms with van der Waals surface area (Å²) in [6.07, 6.45) is 8.94. The molecular weight excluding hydrogens is 312 g/mol. The molecule has 0 bridgehead atoms. The molecule has 25 heavy (non-hydrogen) atoms. The topological polar surface area (TPSA) is 48.2 Å². The summed E-state index contributed by atoms with van der Waals surface area (Å²) in [7, 11) is 1.73. The van der Waals surface area contributed by atoms with Crippen molar-refractivity contribution in [2.24, 2.45) is 0 Å². The van der Waals surface area contributed by atoms with Crippen LogP contribution in [-0.4, -0.2) is 17.3 Å². The van der Waals surface area contributed by atoms with E-state index in [1.165, 1.54) is 35.8 Å². The van der Waals surface area contributed by atoms with E-state index < -0.39 is 0 Å². The number of nitrogens with zero attached hydrogens (tertiary/aromatic N) is 2. The van der Waals surface area contributed by atoms with Gasteiger partial charge in [-0.05, 0) is 55.9 Å². The summed E-state index contributed by atoms with van der Waals surface area (Å²) in [6, 6.07) is 4.30. The van der Waals surface area contributed by atoms with Crippen molar-refractivity contribution in [2.45, 2.75) is 52.4 Å². The third-order valence-electron chi connectivity index (χ3n) is 5.29. The minimum absolute atomic E-state index is 0.801. The van der Waals surface area contributed by atoms with Crippen molar-refractivity contribution < 1.29 is 9.26 Å². The summed E-state index contributed by atoms with van der Waals surface area (Å²) >= 11 is 0. The number of hydrogen-bond donors (Lipinski definition) is 0. The standard InChI is InChI=1S/C21H24N2O2/c1-4-19-21(13(2)23-25-19)17-10-18-16(11-20(17)24-3)15-9-7-5-6-8-14(15)12-22-18/h10-12H,4-9H2,1-3H3. The maximum atomic E-state index is 5.76. The minimum atomic E-state index is 0.801. The molecule has 0 unspecified atom stereocenters. The summed E-state index contributed by atoms with van der Waals surface area (Å²) in [5, 5.41) is 5.38. The summed E-state index contributed by atoms with van der Waals surface area (Å²) in [5.74, 6) is 1.76. The van der Waals surface area contributed by atoms with Crippen LogP contribution in [0.4, 0.5) is 0 Å². The molecule has 2 heterocycles. The Morgan fingerprint density at radius 2 is 2.00 bits per heavy atom. The van der Waals surface area contributed by atoms with Crippen LogP contribution in [0.2, 0.25) is 0 Å². The monoisotopic (exact) mass is 336 g/mol. The Morgan fingerprint density at radius 1 is 1.16 bits per heavy atom. The number of hydrogen-bond acceptors (Lipinski definition) is 4. The maximum Gasteiger partial charge on any atom is 0.144 e. The molecule has 2 aromatic heterocycles. The Morgan fingerprint density at radius 3 is 2.80 bits per heavy atom. The smallest absolute Gasteiger partial charge is 0.144 e. The van der Waals surface area contributed by atoms with Crippen LogP contribution in [0.5, 0.6) is 5.75 Å². The molecule has 0 N–H and O–H groups in total. The van der Waals surface area contributed by atoms with Gasteiger partial charge in [0.15, 0.2) is 0 Å². The van der Waals surface area contributed by atoms with Crippen LogP contribution in [0.1, 0.15) is 48.8 Å². The molecule has 4 nitrogen and oxygen atoms in total. The van der Waals surface area contributed by atoms with E-state index in [1.807, 2.05) is 6.92 Å². The number of aromatic nitrogens is 2. The molecule has 0 aliphatic heterocycles. The minimum Gasteiger partial charge on any atom is -0.496 e. The third-order valence-corrected chi connectivity index (χ3v) is 5.29. The highest BCUT2D eigenvalue weighted by Gasteiger charge is 2.20. The molecule has 4 heteroatoms. The van der Waals surface area contributed by atoms with E-state index in [2.05, 4.69) is 30.4 Å². The van der Waals surface area contributed by atoms with Gasteiger partial charge in [-0.1, -0.05) is 18.5 Å². The molecule has 0 radical (unpaired) electrons. The number of benzene rings is 1. The van der Waals surface area contributed by atoms with Gasteiger partial charge in [0.25, 0.3) is 0 Å². The van der Waals surface area contributed by atoms with Crippen molar-refractivity contribution in [1.82, 2.24) is 10.1 Å². The summed E-state index contributed by atoms with van der Waals surface area (Å²) in [4.78, 5) is 4.76. The lowest BCUT2D eigenvalue weighted by Crippen LogP contribution is -1.98. The molecular formula is C21H24N2O2. The SMILES string of the molecule is CCc1onc(C)c1-c1cc2ncc3c(c2cc1OC)CCCCC3. The molecule has 1 aliphatic rings. The van der Waals surface area contributed by atoms with Gasteiger partial charge < -0.3 is 9.26 Å². The van der Waals surface area contributed by atoms with Crippen LogP contribution in [0.3, 0.4) is 0 Å². The Kier molecular flexibility index (Phi) is 4.20. The normalized spacial score (nSPS) is 14.4. The second-order valence-corrected chi connectivity index (χ2v) is 6.81. The van der Waals surface area contributed by atoms with Crippen molar-refractivity contribution in [3.8, 4) is 16.9 Å². The highest BCUT2D eigenvalue weighted by atomic mass is 16.5. The molecule has 3 aromatic rings. The average Bonchev–Trinajstić information content (AvgIpc) is 2.85. The van der Waals surface area contributed by atoms with Crippen molar-refractivity contribution >= 4 is 10.9 Å². The van der Waals surface area contributed by atoms with Gasteiger partial charge in [0.1, 0.15) is 11.5 Å². The maximum absolute atomic E-state index is 5.76. The summed E-state index contributed by atoms with van der Waals surface area (Å²) in [6.45, 7) is 4.06. The fourth-order valence-corrected chi connectivity index (χ4v) is 3.99. The van der Waals surface area contributed by atoms with Gasteiger partial charge in [0.2, 0.25) is 0 Å². The van der Waals surface area contributed by atoms with E-state index in [0.29, 0.717) is 0 Å². The van der Waals surface area contributed by atoms with Gasteiger partial charge in [-0.2, -0.15) is 0 Å². The second-order valence-electron chi connectivity index (χ2n) is 6.81. The average molecular weight is 336 g/mol. The van der Waals surface area contributed by atoms with Crippen LogP contribution in [0, 0.1) is 6.92 Å². The molecule has 0 fully saturated rings. The lowest BCUT2D eigenvalue weighted by Gasteiger charge is -2.14. The molecule has 130 valence electrons. The summed E-state index contributed by atoms with van der Waals surface area (Å²) in [5.41, 5.74) is 6.83. The predicted octanol–water partition coefficient (Wildman–Crippen LogP) is 5.04. The van der Waals surface area contributed by atoms with E-state index in [9.17, 15) is 0 Å². The molecule has 0 saturated heterocycles. The van der Waals surface area contributed by atoms with Crippen LogP contribution in [-0.2, 0) is 19.3 Å². The molecule has 0 saturated carbocycles. The molecule has 1 aliphatic carbocycles. The van der Waals surface area contributed by atoms with Crippen LogP contribution < -0.4 is 4.74 Å². The lowest BCUT2D eigenvalue weighted by atomic mass is 9.95. The highest BCUT2D eigenvalue weighted by molar-refractivity contribution is 5.91. The van der Waals surface area contributed by atoms with E-state index >= 15 is 0 Å². The number of ether oxygens (including phenoxy) is 1. The first-order valence-corrected chi connectivity index (χ1v) is 9.17. The van der Waals surface area contributed by atoms with Gasteiger partial charge in [-0.25, -0.2) is 0 Å². The van der Waals surface area contributed by atoms with E-state index in [1.54, 1.807) is 7.11 Å². The Bertz CT molecular complexity index is 927. The van der Waals surface area contributed by atoms with Crippen molar-refractivity contribution in [3.05, 3.63) is 40.9 Å². The Balaban J connectivity index is 1.97. The fourth-order valence-electron chi connectivity index (χ4n) is 3.99. The quantitative estimate of drug-likeness (QED) is 0.629. The number of aryl methyl sites for hydroxylation is 4. The predicted molar refractivity (Wildman–Crippen MR) is 99.2 cm³/mol. The van der Waals surface area contributed by atoms with Crippen molar-refractivity contribution in [2.75, 3.05) is 7.11 Å². The third kappa shape index (κ3) is 2.70. The first-order valence-electron chi connectivity index (χ1n) is 9.17. The zero-order valence-electron chi connectivity index (χ0n) is 15.2. The first-order chi connectivity index (χ1) is 12.2. The van der Waals surface area contributed by atoms with Crippen LogP contribution >= 0.6 is 0 Å². The van der Waals surface area contributed by atoms with Gasteiger partial charge in [0, 0.05) is 23.6 Å². The van der Waals surface area contributed by atoms with Crippen LogP contribution in [0.25, 0.3) is 22.0 Å². The molecule has 0 spiro atoms. The van der Waals surface area contributed by atoms with Gasteiger partial charge in [-0.3, -0.25) is 4.98 Å². The molecule has 4 rings (SSSR count). The van der Waals surface area contributed by atoms with Crippen molar-refractivity contribution in [1.29, 1.82) is 0 Å². The van der Waals surface area contributed by atoms with Gasteiger partial charge >= 0.3 is 0 Å². The largest absolute Gasteiger partial charge is 0.496 e. The molecule has 1 aromatic carbocycles. The number of fused-ring (bicyclic) bond motifs is 3. The zero-order chi connectivity index (χ0) is 17.4. The van der Waals surface area contributed by atoms with Crippen LogP contribution in [0.15, 0.2) is 22.9 Å². The summed E-state index contributed by atoms with van der Waals surface area (Å²) < 4.78 is 11.2. The van der Waals surface area contributed by atoms with E-state index in [-0.39, 0.29) is 0 Å². The van der Waals surface area contributed by atoms with E-state index in [4.69, 9.17) is 14.2 Å².